The number of hydrogen-bond donors (Lipinski definition) is 2. The molecule has 2 aromatic heterocycles. The van der Waals surface area contributed by atoms with E-state index in [0.29, 0.717) is 18.5 Å². The Hall–Kier alpha value is -2.89. The van der Waals surface area contributed by atoms with Crippen LogP contribution in [0.15, 0.2) is 69.2 Å². The Morgan fingerprint density at radius 3 is 2.59 bits per heavy atom. The van der Waals surface area contributed by atoms with Crippen molar-refractivity contribution in [1.29, 1.82) is 0 Å². The summed E-state index contributed by atoms with van der Waals surface area (Å²) < 4.78 is 5.32. The maximum atomic E-state index is 12.1. The topological polar surface area (TPSA) is 62.5 Å². The summed E-state index contributed by atoms with van der Waals surface area (Å²) in [4.78, 5) is 13.3. The van der Waals surface area contributed by atoms with Gasteiger partial charge in [-0.25, -0.2) is 4.79 Å². The molecule has 0 aliphatic carbocycles. The van der Waals surface area contributed by atoms with Gasteiger partial charge >= 0.3 is 5.63 Å². The lowest BCUT2D eigenvalue weighted by atomic mass is 10.0. The molecule has 5 heteroatoms. The molecule has 1 atom stereocenters. The predicted molar refractivity (Wildman–Crippen MR) is 118 cm³/mol. The van der Waals surface area contributed by atoms with Crippen LogP contribution in [-0.2, 0) is 13.0 Å². The highest BCUT2D eigenvalue weighted by Crippen LogP contribution is 2.29. The van der Waals surface area contributed by atoms with Crippen LogP contribution in [-0.4, -0.2) is 5.11 Å². The molecule has 0 unspecified atom stereocenters. The number of rotatable bonds is 6. The van der Waals surface area contributed by atoms with Gasteiger partial charge in [-0.1, -0.05) is 42.8 Å². The van der Waals surface area contributed by atoms with Crippen LogP contribution >= 0.6 is 11.3 Å². The van der Waals surface area contributed by atoms with E-state index >= 15 is 0 Å². The number of thiophene rings is 1. The zero-order valence-electron chi connectivity index (χ0n) is 16.4. The SMILES string of the molecule is CCc1cc2c(CN[C@H](c3ccc(C)cc3)c3cccs3)cc(=O)oc2cc1O. The van der Waals surface area contributed by atoms with Gasteiger partial charge in [-0.2, -0.15) is 0 Å². The lowest BCUT2D eigenvalue weighted by molar-refractivity contribution is 0.466. The summed E-state index contributed by atoms with van der Waals surface area (Å²) in [5.41, 5.74) is 4.09. The highest BCUT2D eigenvalue weighted by Gasteiger charge is 2.16. The fourth-order valence-electron chi connectivity index (χ4n) is 3.55. The standard InChI is InChI=1S/C24H23NO3S/c1-3-16-11-19-18(12-23(27)28-21(19)13-20(16)26)14-25-24(22-5-4-10-29-22)17-8-6-15(2)7-9-17/h4-13,24-26H,3,14H2,1-2H3/t24-/m1/s1. The molecule has 0 fully saturated rings. The molecule has 4 nitrogen and oxygen atoms in total. The molecular weight excluding hydrogens is 382 g/mol. The van der Waals surface area contributed by atoms with E-state index in [1.165, 1.54) is 28.1 Å². The number of phenols is 1. The van der Waals surface area contributed by atoms with E-state index in [0.717, 1.165) is 16.5 Å². The summed E-state index contributed by atoms with van der Waals surface area (Å²) in [6.45, 7) is 4.57. The maximum Gasteiger partial charge on any atom is 0.336 e. The van der Waals surface area contributed by atoms with Crippen LogP contribution < -0.4 is 10.9 Å². The normalized spacial score (nSPS) is 12.3. The summed E-state index contributed by atoms with van der Waals surface area (Å²) in [6.07, 6.45) is 0.703. The van der Waals surface area contributed by atoms with Crippen LogP contribution in [0.5, 0.6) is 5.75 Å². The first-order chi connectivity index (χ1) is 14.0. The van der Waals surface area contributed by atoms with E-state index < -0.39 is 5.63 Å². The van der Waals surface area contributed by atoms with Gasteiger partial charge in [-0.05, 0) is 47.5 Å². The summed E-state index contributed by atoms with van der Waals surface area (Å²) in [6, 6.07) is 17.7. The second-order valence-electron chi connectivity index (χ2n) is 7.16. The minimum absolute atomic E-state index is 0.0284. The predicted octanol–water partition coefficient (Wildman–Crippen LogP) is 5.31. The van der Waals surface area contributed by atoms with Crippen LogP contribution in [0.4, 0.5) is 0 Å². The average Bonchev–Trinajstić information content (AvgIpc) is 3.23. The van der Waals surface area contributed by atoms with Gasteiger partial charge in [0.25, 0.3) is 0 Å². The molecule has 0 aliphatic rings. The van der Waals surface area contributed by atoms with Crippen LogP contribution in [0.25, 0.3) is 11.0 Å². The number of fused-ring (bicyclic) bond motifs is 1. The third-order valence-corrected chi connectivity index (χ3v) is 6.08. The Morgan fingerprint density at radius 2 is 1.90 bits per heavy atom. The molecule has 2 heterocycles. The zero-order chi connectivity index (χ0) is 20.4. The van der Waals surface area contributed by atoms with E-state index in [1.54, 1.807) is 11.3 Å². The van der Waals surface area contributed by atoms with Gasteiger partial charge in [0, 0.05) is 28.9 Å². The van der Waals surface area contributed by atoms with Crippen LogP contribution in [0.3, 0.4) is 0 Å². The Bertz CT molecular complexity index is 1180. The summed E-state index contributed by atoms with van der Waals surface area (Å²) in [7, 11) is 0. The van der Waals surface area contributed by atoms with Crippen molar-refractivity contribution in [1.82, 2.24) is 5.32 Å². The van der Waals surface area contributed by atoms with Crippen molar-refractivity contribution in [3.05, 3.63) is 97.5 Å². The second kappa shape index (κ2) is 8.23. The van der Waals surface area contributed by atoms with Gasteiger partial charge in [0.15, 0.2) is 0 Å². The van der Waals surface area contributed by atoms with Crippen molar-refractivity contribution < 1.29 is 9.52 Å². The zero-order valence-corrected chi connectivity index (χ0v) is 17.3. The number of nitrogens with one attached hydrogen (secondary N) is 1. The van der Waals surface area contributed by atoms with Crippen molar-refractivity contribution in [2.45, 2.75) is 32.9 Å². The molecule has 0 saturated carbocycles. The van der Waals surface area contributed by atoms with E-state index in [-0.39, 0.29) is 11.8 Å². The smallest absolute Gasteiger partial charge is 0.336 e. The lowest BCUT2D eigenvalue weighted by Gasteiger charge is -2.19. The molecular formula is C24H23NO3S. The molecule has 0 bridgehead atoms. The molecule has 4 aromatic rings. The average molecular weight is 406 g/mol. The summed E-state index contributed by atoms with van der Waals surface area (Å²) in [5, 5.41) is 16.7. The first-order valence-corrected chi connectivity index (χ1v) is 10.5. The Balaban J connectivity index is 1.71. The summed E-state index contributed by atoms with van der Waals surface area (Å²) >= 11 is 1.70. The molecule has 0 saturated heterocycles. The number of benzene rings is 2. The first-order valence-electron chi connectivity index (χ1n) is 9.67. The van der Waals surface area contributed by atoms with Gasteiger partial charge in [0.2, 0.25) is 0 Å². The second-order valence-corrected chi connectivity index (χ2v) is 8.14. The largest absolute Gasteiger partial charge is 0.508 e. The monoisotopic (exact) mass is 405 g/mol. The molecule has 0 radical (unpaired) electrons. The van der Waals surface area contributed by atoms with Crippen LogP contribution in [0.1, 0.15) is 40.1 Å². The number of phenolic OH excluding ortho intramolecular Hbond substituents is 1. The first kappa shape index (κ1) is 19.4. The van der Waals surface area contributed by atoms with E-state index in [2.05, 4.69) is 48.0 Å². The highest BCUT2D eigenvalue weighted by molar-refractivity contribution is 7.10. The molecule has 0 spiro atoms. The quantitative estimate of drug-likeness (QED) is 0.427. The molecule has 2 N–H and O–H groups in total. The van der Waals surface area contributed by atoms with Gasteiger partial charge in [-0.15, -0.1) is 11.3 Å². The van der Waals surface area contributed by atoms with Crippen molar-refractivity contribution in [3.8, 4) is 5.75 Å². The fraction of sp³-hybridized carbons (Fsp3) is 0.208. The van der Waals surface area contributed by atoms with Gasteiger partial charge in [0.05, 0.1) is 6.04 Å². The van der Waals surface area contributed by atoms with Crippen molar-refractivity contribution >= 4 is 22.3 Å². The Kier molecular flexibility index (Phi) is 5.51. The minimum atomic E-state index is -0.416. The van der Waals surface area contributed by atoms with Gasteiger partial charge in [-0.3, -0.25) is 0 Å². The third kappa shape index (κ3) is 4.11. The Labute approximate surface area is 173 Å². The van der Waals surface area contributed by atoms with Crippen molar-refractivity contribution in [3.63, 3.8) is 0 Å². The molecule has 2 aromatic carbocycles. The van der Waals surface area contributed by atoms with Crippen LogP contribution in [0.2, 0.25) is 0 Å². The molecule has 0 amide bonds. The lowest BCUT2D eigenvalue weighted by Crippen LogP contribution is -2.22. The van der Waals surface area contributed by atoms with E-state index in [4.69, 9.17) is 4.42 Å². The highest BCUT2D eigenvalue weighted by atomic mass is 32.1. The number of hydrogen-bond acceptors (Lipinski definition) is 5. The van der Waals surface area contributed by atoms with Crippen LogP contribution in [0, 0.1) is 6.92 Å². The molecule has 29 heavy (non-hydrogen) atoms. The molecule has 148 valence electrons. The molecule has 0 aliphatic heterocycles. The van der Waals surface area contributed by atoms with Crippen molar-refractivity contribution in [2.75, 3.05) is 0 Å². The Morgan fingerprint density at radius 1 is 1.10 bits per heavy atom. The summed E-state index contributed by atoms with van der Waals surface area (Å²) in [5.74, 6) is 0.157. The van der Waals surface area contributed by atoms with E-state index in [9.17, 15) is 9.90 Å². The minimum Gasteiger partial charge on any atom is -0.508 e. The van der Waals surface area contributed by atoms with Gasteiger partial charge in [0.1, 0.15) is 11.3 Å². The van der Waals surface area contributed by atoms with Gasteiger partial charge < -0.3 is 14.8 Å². The maximum absolute atomic E-state index is 12.1. The number of aryl methyl sites for hydroxylation is 2. The third-order valence-electron chi connectivity index (χ3n) is 5.15. The number of aromatic hydroxyl groups is 1. The van der Waals surface area contributed by atoms with Crippen molar-refractivity contribution in [2.24, 2.45) is 0 Å². The molecule has 4 rings (SSSR count). The fourth-order valence-corrected chi connectivity index (χ4v) is 4.37. The van der Waals surface area contributed by atoms with E-state index in [1.807, 2.05) is 19.1 Å².